The lowest BCUT2D eigenvalue weighted by molar-refractivity contribution is 0.139. The van der Waals surface area contributed by atoms with Crippen molar-refractivity contribution >= 4 is 24.2 Å². The maximum atomic E-state index is 12.2. The fraction of sp³-hybridized carbons (Fsp3) is 0.389. The molecule has 48 heavy (non-hydrogen) atoms. The zero-order valence-electron chi connectivity index (χ0n) is 27.9. The number of nitrogens with zero attached hydrogens (tertiary/aromatic N) is 2. The molecular formula is C36H48N6O6. The highest BCUT2D eigenvalue weighted by atomic mass is 16.6. The van der Waals surface area contributed by atoms with E-state index in [1.807, 2.05) is 84.9 Å². The molecule has 0 aromatic heterocycles. The molecule has 0 heterocycles. The molecule has 0 aliphatic heterocycles. The van der Waals surface area contributed by atoms with Crippen molar-refractivity contribution < 1.29 is 28.7 Å². The van der Waals surface area contributed by atoms with Crippen LogP contribution in [-0.4, -0.2) is 87.5 Å². The van der Waals surface area contributed by atoms with E-state index in [0.29, 0.717) is 39.0 Å². The Morgan fingerprint density at radius 2 is 0.938 bits per heavy atom. The third-order valence-corrected chi connectivity index (χ3v) is 7.37. The van der Waals surface area contributed by atoms with Crippen molar-refractivity contribution in [3.05, 3.63) is 107 Å². The highest BCUT2D eigenvalue weighted by Crippen LogP contribution is 2.06. The number of ether oxygens (including phenoxy) is 2. The molecule has 0 spiro atoms. The molecule has 6 amide bonds. The van der Waals surface area contributed by atoms with Gasteiger partial charge in [-0.3, -0.25) is 0 Å². The molecule has 0 fully saturated rings. The van der Waals surface area contributed by atoms with Crippen molar-refractivity contribution in [1.82, 2.24) is 31.1 Å². The van der Waals surface area contributed by atoms with Gasteiger partial charge in [0.05, 0.1) is 13.2 Å². The Morgan fingerprint density at radius 3 is 1.35 bits per heavy atom. The molecule has 0 saturated carbocycles. The number of hydrogen-bond acceptors (Lipinski definition) is 6. The SMILES string of the molecule is CN(CCCOC(=O)NCc1cccc(CNC(=O)OCCCN(C)C(=O)NCCc2ccccc2)c1)C(=O)NCCc1ccccc1. The third kappa shape index (κ3) is 15.4. The van der Waals surface area contributed by atoms with Crippen LogP contribution in [0.5, 0.6) is 0 Å². The van der Waals surface area contributed by atoms with Crippen LogP contribution in [0.2, 0.25) is 0 Å². The third-order valence-electron chi connectivity index (χ3n) is 7.37. The van der Waals surface area contributed by atoms with E-state index in [-0.39, 0.29) is 38.4 Å². The van der Waals surface area contributed by atoms with Gasteiger partial charge in [-0.05, 0) is 47.9 Å². The van der Waals surface area contributed by atoms with Gasteiger partial charge in [-0.25, -0.2) is 19.2 Å². The fourth-order valence-electron chi connectivity index (χ4n) is 4.62. The Morgan fingerprint density at radius 1 is 0.542 bits per heavy atom. The van der Waals surface area contributed by atoms with Gasteiger partial charge in [0.25, 0.3) is 0 Å². The number of rotatable bonds is 18. The first kappa shape index (κ1) is 37.2. The van der Waals surface area contributed by atoms with Gasteiger partial charge in [0.15, 0.2) is 0 Å². The van der Waals surface area contributed by atoms with Crippen molar-refractivity contribution in [2.75, 3.05) is 53.5 Å². The van der Waals surface area contributed by atoms with Gasteiger partial charge in [0.2, 0.25) is 0 Å². The maximum Gasteiger partial charge on any atom is 0.407 e. The standard InChI is InChI=1S/C36H48N6O6/c1-41(33(43)37-20-18-29-12-5-3-6-13-29)22-10-24-47-35(45)39-27-31-16-9-17-32(26-31)28-40-36(46)48-25-11-23-42(2)34(44)38-21-19-30-14-7-4-8-15-30/h3-9,12-17,26H,10-11,18-25,27-28H2,1-2H3,(H,37,43)(H,38,44)(H,39,45)(H,40,46). The lowest BCUT2D eigenvalue weighted by Crippen LogP contribution is -2.39. The van der Waals surface area contributed by atoms with Crippen molar-refractivity contribution in [2.24, 2.45) is 0 Å². The predicted octanol–water partition coefficient (Wildman–Crippen LogP) is 4.69. The number of hydrogen-bond donors (Lipinski definition) is 4. The molecule has 3 aromatic carbocycles. The van der Waals surface area contributed by atoms with E-state index in [1.165, 1.54) is 0 Å². The second-order valence-corrected chi connectivity index (χ2v) is 11.3. The highest BCUT2D eigenvalue weighted by Gasteiger charge is 2.10. The van der Waals surface area contributed by atoms with E-state index >= 15 is 0 Å². The smallest absolute Gasteiger partial charge is 0.407 e. The van der Waals surface area contributed by atoms with Gasteiger partial charge in [0.1, 0.15) is 0 Å². The quantitative estimate of drug-likeness (QED) is 0.146. The predicted molar refractivity (Wildman–Crippen MR) is 184 cm³/mol. The second-order valence-electron chi connectivity index (χ2n) is 11.3. The summed E-state index contributed by atoms with van der Waals surface area (Å²) in [6.07, 6.45) is 1.44. The Hall–Kier alpha value is -5.26. The van der Waals surface area contributed by atoms with Gasteiger partial charge in [-0.2, -0.15) is 0 Å². The molecule has 0 aliphatic carbocycles. The summed E-state index contributed by atoms with van der Waals surface area (Å²) in [5, 5.41) is 11.2. The van der Waals surface area contributed by atoms with Crippen LogP contribution in [0.15, 0.2) is 84.9 Å². The average Bonchev–Trinajstić information content (AvgIpc) is 3.11. The molecule has 0 aliphatic rings. The van der Waals surface area contributed by atoms with E-state index in [9.17, 15) is 19.2 Å². The van der Waals surface area contributed by atoms with Crippen LogP contribution in [-0.2, 0) is 35.4 Å². The molecule has 12 heteroatoms. The Bertz CT molecular complexity index is 1310. The largest absolute Gasteiger partial charge is 0.449 e. The molecule has 258 valence electrons. The summed E-state index contributed by atoms with van der Waals surface area (Å²) in [7, 11) is 3.41. The van der Waals surface area contributed by atoms with Crippen molar-refractivity contribution in [2.45, 2.75) is 38.8 Å². The monoisotopic (exact) mass is 660 g/mol. The minimum atomic E-state index is -0.549. The molecule has 3 rings (SSSR count). The number of alkyl carbamates (subject to hydrolysis) is 2. The topological polar surface area (TPSA) is 141 Å². The van der Waals surface area contributed by atoms with Gasteiger partial charge >= 0.3 is 24.2 Å². The Kier molecular flexibility index (Phi) is 16.7. The molecule has 0 saturated heterocycles. The summed E-state index contributed by atoms with van der Waals surface area (Å²) >= 11 is 0. The molecule has 0 bridgehead atoms. The molecule has 4 N–H and O–H groups in total. The van der Waals surface area contributed by atoms with Crippen LogP contribution < -0.4 is 21.3 Å². The molecule has 0 radical (unpaired) electrons. The summed E-state index contributed by atoms with van der Waals surface area (Å²) < 4.78 is 10.5. The van der Waals surface area contributed by atoms with Crippen molar-refractivity contribution in [3.8, 4) is 0 Å². The van der Waals surface area contributed by atoms with Gasteiger partial charge < -0.3 is 40.5 Å². The first-order chi connectivity index (χ1) is 23.3. The Labute approximate surface area is 283 Å². The number of nitrogens with one attached hydrogen (secondary N) is 4. The van der Waals surface area contributed by atoms with Gasteiger partial charge in [0, 0.05) is 53.4 Å². The van der Waals surface area contributed by atoms with E-state index in [0.717, 1.165) is 35.1 Å². The summed E-state index contributed by atoms with van der Waals surface area (Å²) in [6, 6.07) is 27.0. The van der Waals surface area contributed by atoms with E-state index in [2.05, 4.69) is 21.3 Å². The van der Waals surface area contributed by atoms with Crippen molar-refractivity contribution in [1.29, 1.82) is 0 Å². The normalized spacial score (nSPS) is 10.4. The molecule has 12 nitrogen and oxygen atoms in total. The highest BCUT2D eigenvalue weighted by molar-refractivity contribution is 5.74. The lowest BCUT2D eigenvalue weighted by atomic mass is 10.1. The summed E-state index contributed by atoms with van der Waals surface area (Å²) in [5.41, 5.74) is 4.01. The summed E-state index contributed by atoms with van der Waals surface area (Å²) in [6.45, 7) is 2.87. The molecule has 3 aromatic rings. The zero-order chi connectivity index (χ0) is 34.4. The second kappa shape index (κ2) is 21.5. The van der Waals surface area contributed by atoms with Gasteiger partial charge in [-0.15, -0.1) is 0 Å². The molecule has 0 atom stereocenters. The van der Waals surface area contributed by atoms with Gasteiger partial charge in [-0.1, -0.05) is 84.9 Å². The van der Waals surface area contributed by atoms with Crippen molar-refractivity contribution in [3.63, 3.8) is 0 Å². The van der Waals surface area contributed by atoms with E-state index < -0.39 is 12.2 Å². The number of carbonyl (C=O) groups excluding carboxylic acids is 4. The molecular weight excluding hydrogens is 612 g/mol. The first-order valence-corrected chi connectivity index (χ1v) is 16.2. The summed E-state index contributed by atoms with van der Waals surface area (Å²) in [5.74, 6) is 0. The maximum absolute atomic E-state index is 12.2. The average molecular weight is 661 g/mol. The minimum Gasteiger partial charge on any atom is -0.449 e. The zero-order valence-corrected chi connectivity index (χ0v) is 27.9. The summed E-state index contributed by atoms with van der Waals surface area (Å²) in [4.78, 5) is 51.9. The van der Waals surface area contributed by atoms with Crippen LogP contribution in [0.4, 0.5) is 19.2 Å². The van der Waals surface area contributed by atoms with Crippen LogP contribution in [0.3, 0.4) is 0 Å². The van der Waals surface area contributed by atoms with Crippen LogP contribution in [0.25, 0.3) is 0 Å². The number of carbonyl (C=O) groups is 4. The molecule has 0 unspecified atom stereocenters. The fourth-order valence-corrected chi connectivity index (χ4v) is 4.62. The Balaban J connectivity index is 1.20. The number of benzene rings is 3. The lowest BCUT2D eigenvalue weighted by Gasteiger charge is -2.18. The first-order valence-electron chi connectivity index (χ1n) is 16.2. The minimum absolute atomic E-state index is 0.169. The van der Waals surface area contributed by atoms with Crippen LogP contribution in [0, 0.1) is 0 Å². The van der Waals surface area contributed by atoms with E-state index in [1.54, 1.807) is 23.9 Å². The number of urea groups is 2. The van der Waals surface area contributed by atoms with Crippen LogP contribution >= 0.6 is 0 Å². The number of amides is 6. The van der Waals surface area contributed by atoms with Crippen LogP contribution in [0.1, 0.15) is 35.1 Å². The van der Waals surface area contributed by atoms with E-state index in [4.69, 9.17) is 9.47 Å².